The highest BCUT2D eigenvalue weighted by Gasteiger charge is 2.36. The van der Waals surface area contributed by atoms with E-state index in [1.807, 2.05) is 0 Å². The van der Waals surface area contributed by atoms with E-state index >= 15 is 0 Å². The van der Waals surface area contributed by atoms with E-state index in [1.165, 1.54) is 4.90 Å². The Bertz CT molecular complexity index is 348. The summed E-state index contributed by atoms with van der Waals surface area (Å²) in [5.41, 5.74) is 0. The van der Waals surface area contributed by atoms with Crippen molar-refractivity contribution in [3.05, 3.63) is 0 Å². The maximum atomic E-state index is 12.4. The standard InChI is InChI=1S/C13H22N2O4/c16-8-5-10-4-7-14(9-10)13(19)15-6-2-1-3-11(15)12(17)18/h10-11,16H,1-9H2,(H,17,18). The van der Waals surface area contributed by atoms with Crippen LogP contribution in [-0.4, -0.2) is 64.3 Å². The van der Waals surface area contributed by atoms with Gasteiger partial charge < -0.3 is 20.0 Å². The van der Waals surface area contributed by atoms with Crippen LogP contribution >= 0.6 is 0 Å². The molecule has 0 aliphatic carbocycles. The number of amides is 2. The smallest absolute Gasteiger partial charge is 0.326 e. The van der Waals surface area contributed by atoms with Gasteiger partial charge in [-0.15, -0.1) is 0 Å². The molecule has 2 amide bonds. The number of aliphatic carboxylic acids is 1. The fraction of sp³-hybridized carbons (Fsp3) is 0.846. The van der Waals surface area contributed by atoms with Gasteiger partial charge in [0, 0.05) is 26.2 Å². The first-order valence-electron chi connectivity index (χ1n) is 7.02. The number of carboxylic acids is 1. The molecule has 2 unspecified atom stereocenters. The zero-order valence-corrected chi connectivity index (χ0v) is 11.1. The molecule has 108 valence electrons. The average Bonchev–Trinajstić information content (AvgIpc) is 2.87. The Hall–Kier alpha value is -1.30. The lowest BCUT2D eigenvalue weighted by molar-refractivity contribution is -0.143. The van der Waals surface area contributed by atoms with Crippen molar-refractivity contribution in [2.45, 2.75) is 38.1 Å². The van der Waals surface area contributed by atoms with Crippen molar-refractivity contribution in [2.75, 3.05) is 26.2 Å². The SMILES string of the molecule is O=C(O)C1CCCCN1C(=O)N1CCC(CCO)C1. The van der Waals surface area contributed by atoms with Crippen LogP contribution in [0.2, 0.25) is 0 Å². The van der Waals surface area contributed by atoms with Crippen LogP contribution in [-0.2, 0) is 4.79 Å². The highest BCUT2D eigenvalue weighted by Crippen LogP contribution is 2.24. The van der Waals surface area contributed by atoms with Crippen LogP contribution in [0.3, 0.4) is 0 Å². The molecule has 6 nitrogen and oxygen atoms in total. The second-order valence-corrected chi connectivity index (χ2v) is 5.44. The Kier molecular flexibility index (Phi) is 4.63. The van der Waals surface area contributed by atoms with Gasteiger partial charge in [-0.25, -0.2) is 9.59 Å². The van der Waals surface area contributed by atoms with Crippen LogP contribution in [0.4, 0.5) is 4.79 Å². The summed E-state index contributed by atoms with van der Waals surface area (Å²) < 4.78 is 0. The van der Waals surface area contributed by atoms with E-state index in [0.29, 0.717) is 38.4 Å². The summed E-state index contributed by atoms with van der Waals surface area (Å²) in [6, 6.07) is -0.814. The first kappa shape index (κ1) is 14.1. The van der Waals surface area contributed by atoms with Crippen LogP contribution < -0.4 is 0 Å². The minimum Gasteiger partial charge on any atom is -0.480 e. The number of nitrogens with zero attached hydrogens (tertiary/aromatic N) is 2. The van der Waals surface area contributed by atoms with Crippen molar-refractivity contribution in [1.29, 1.82) is 0 Å². The van der Waals surface area contributed by atoms with Crippen molar-refractivity contribution < 1.29 is 19.8 Å². The number of aliphatic hydroxyl groups excluding tert-OH is 1. The third-order valence-corrected chi connectivity index (χ3v) is 4.13. The monoisotopic (exact) mass is 270 g/mol. The highest BCUT2D eigenvalue weighted by atomic mass is 16.4. The van der Waals surface area contributed by atoms with Gasteiger partial charge in [0.05, 0.1) is 0 Å². The van der Waals surface area contributed by atoms with Gasteiger partial charge >= 0.3 is 12.0 Å². The number of carbonyl (C=O) groups is 2. The van der Waals surface area contributed by atoms with Gasteiger partial charge in [-0.05, 0) is 38.0 Å². The molecule has 0 radical (unpaired) electrons. The summed E-state index contributed by atoms with van der Waals surface area (Å²) in [5, 5.41) is 18.1. The van der Waals surface area contributed by atoms with E-state index in [0.717, 1.165) is 19.3 Å². The molecule has 2 N–H and O–H groups in total. The van der Waals surface area contributed by atoms with E-state index in [4.69, 9.17) is 5.11 Å². The number of urea groups is 1. The van der Waals surface area contributed by atoms with Crippen molar-refractivity contribution in [3.8, 4) is 0 Å². The van der Waals surface area contributed by atoms with Gasteiger partial charge in [-0.1, -0.05) is 0 Å². The predicted molar refractivity (Wildman–Crippen MR) is 68.8 cm³/mol. The van der Waals surface area contributed by atoms with E-state index in [9.17, 15) is 14.7 Å². The van der Waals surface area contributed by atoms with Crippen LogP contribution in [0, 0.1) is 5.92 Å². The second kappa shape index (κ2) is 6.23. The minimum atomic E-state index is -0.904. The largest absolute Gasteiger partial charge is 0.480 e. The van der Waals surface area contributed by atoms with Crippen LogP contribution in [0.1, 0.15) is 32.1 Å². The number of hydrogen-bond donors (Lipinski definition) is 2. The van der Waals surface area contributed by atoms with Crippen LogP contribution in [0.5, 0.6) is 0 Å². The number of aliphatic hydroxyl groups is 1. The Morgan fingerprint density at radius 3 is 2.63 bits per heavy atom. The first-order chi connectivity index (χ1) is 9.13. The van der Waals surface area contributed by atoms with Crippen molar-refractivity contribution >= 4 is 12.0 Å². The fourth-order valence-corrected chi connectivity index (χ4v) is 3.02. The third-order valence-electron chi connectivity index (χ3n) is 4.13. The summed E-state index contributed by atoms with van der Waals surface area (Å²) in [5.74, 6) is -0.554. The molecule has 0 aromatic heterocycles. The van der Waals surface area contributed by atoms with Crippen molar-refractivity contribution in [3.63, 3.8) is 0 Å². The second-order valence-electron chi connectivity index (χ2n) is 5.44. The van der Waals surface area contributed by atoms with E-state index in [2.05, 4.69) is 0 Å². The summed E-state index contributed by atoms with van der Waals surface area (Å²) >= 11 is 0. The first-order valence-corrected chi connectivity index (χ1v) is 7.02. The lowest BCUT2D eigenvalue weighted by Gasteiger charge is -2.35. The van der Waals surface area contributed by atoms with E-state index < -0.39 is 12.0 Å². The average molecular weight is 270 g/mol. The Labute approximate surface area is 113 Å². The number of carboxylic acid groups (broad SMARTS) is 1. The summed E-state index contributed by atoms with van der Waals surface area (Å²) in [6.07, 6.45) is 3.91. The Morgan fingerprint density at radius 1 is 1.16 bits per heavy atom. The normalized spacial score (nSPS) is 27.6. The summed E-state index contributed by atoms with van der Waals surface area (Å²) in [7, 11) is 0. The molecule has 0 spiro atoms. The molecule has 2 heterocycles. The van der Waals surface area contributed by atoms with E-state index in [1.54, 1.807) is 4.90 Å². The maximum absolute atomic E-state index is 12.4. The number of piperidine rings is 1. The van der Waals surface area contributed by atoms with Crippen molar-refractivity contribution in [1.82, 2.24) is 9.80 Å². The number of likely N-dealkylation sites (tertiary alicyclic amines) is 2. The number of rotatable bonds is 3. The Morgan fingerprint density at radius 2 is 1.95 bits per heavy atom. The lowest BCUT2D eigenvalue weighted by atomic mass is 10.0. The molecule has 6 heteroatoms. The Balaban J connectivity index is 1.96. The molecule has 19 heavy (non-hydrogen) atoms. The van der Waals surface area contributed by atoms with Gasteiger partial charge in [-0.3, -0.25) is 0 Å². The zero-order chi connectivity index (χ0) is 13.8. The molecule has 0 bridgehead atoms. The molecule has 0 saturated carbocycles. The third kappa shape index (κ3) is 3.18. The molecule has 2 aliphatic rings. The zero-order valence-electron chi connectivity index (χ0n) is 11.1. The molecule has 2 rings (SSSR count). The molecule has 2 aliphatic heterocycles. The summed E-state index contributed by atoms with van der Waals surface area (Å²) in [6.45, 7) is 2.00. The van der Waals surface area contributed by atoms with Gasteiger partial charge in [0.1, 0.15) is 6.04 Å². The number of carbonyl (C=O) groups excluding carboxylic acids is 1. The molecule has 2 saturated heterocycles. The molecule has 0 aromatic carbocycles. The van der Waals surface area contributed by atoms with Gasteiger partial charge in [0.15, 0.2) is 0 Å². The fourth-order valence-electron chi connectivity index (χ4n) is 3.02. The van der Waals surface area contributed by atoms with Gasteiger partial charge in [0.25, 0.3) is 0 Å². The molecular weight excluding hydrogens is 248 g/mol. The quantitative estimate of drug-likeness (QED) is 0.793. The molecular formula is C13H22N2O4. The van der Waals surface area contributed by atoms with E-state index in [-0.39, 0.29) is 12.6 Å². The van der Waals surface area contributed by atoms with Gasteiger partial charge in [0.2, 0.25) is 0 Å². The summed E-state index contributed by atoms with van der Waals surface area (Å²) in [4.78, 5) is 26.8. The predicted octanol–water partition coefficient (Wildman–Crippen LogP) is 0.750. The van der Waals surface area contributed by atoms with Gasteiger partial charge in [-0.2, -0.15) is 0 Å². The van der Waals surface area contributed by atoms with Crippen LogP contribution in [0.25, 0.3) is 0 Å². The van der Waals surface area contributed by atoms with Crippen molar-refractivity contribution in [2.24, 2.45) is 5.92 Å². The lowest BCUT2D eigenvalue weighted by Crippen LogP contribution is -2.52. The highest BCUT2D eigenvalue weighted by molar-refractivity contribution is 5.83. The van der Waals surface area contributed by atoms with Crippen LogP contribution in [0.15, 0.2) is 0 Å². The molecule has 2 fully saturated rings. The molecule has 0 aromatic rings. The number of hydrogen-bond acceptors (Lipinski definition) is 3. The maximum Gasteiger partial charge on any atom is 0.326 e. The minimum absolute atomic E-state index is 0.146. The molecule has 2 atom stereocenters. The topological polar surface area (TPSA) is 81.1 Å².